The number of benzene rings is 1. The normalized spacial score (nSPS) is 23.6. The summed E-state index contributed by atoms with van der Waals surface area (Å²) in [5.74, 6) is 0.384. The van der Waals surface area contributed by atoms with Crippen molar-refractivity contribution in [3.05, 3.63) is 33.8 Å². The maximum Gasteiger partial charge on any atom is 0.261 e. The Kier molecular flexibility index (Phi) is 4.76. The highest BCUT2D eigenvalue weighted by atomic mass is 79.9. The molecule has 2 aliphatic heterocycles. The lowest BCUT2D eigenvalue weighted by atomic mass is 9.92. The summed E-state index contributed by atoms with van der Waals surface area (Å²) >= 11 is 3.31. The van der Waals surface area contributed by atoms with Gasteiger partial charge in [-0.1, -0.05) is 29.8 Å². The zero-order chi connectivity index (χ0) is 17.4. The molecule has 2 unspecified atom stereocenters. The van der Waals surface area contributed by atoms with E-state index in [9.17, 15) is 14.4 Å². The Balaban J connectivity index is 1.64. The van der Waals surface area contributed by atoms with Crippen LogP contribution in [0.15, 0.2) is 22.7 Å². The Hall–Kier alpha value is -1.69. The number of piperidine rings is 1. The van der Waals surface area contributed by atoms with Gasteiger partial charge in [-0.25, -0.2) is 0 Å². The van der Waals surface area contributed by atoms with Crippen LogP contribution in [0.5, 0.6) is 0 Å². The Morgan fingerprint density at radius 2 is 1.75 bits per heavy atom. The van der Waals surface area contributed by atoms with Crippen molar-refractivity contribution in [2.24, 2.45) is 11.8 Å². The van der Waals surface area contributed by atoms with Gasteiger partial charge >= 0.3 is 0 Å². The molecule has 6 heteroatoms. The van der Waals surface area contributed by atoms with Crippen molar-refractivity contribution < 1.29 is 14.4 Å². The van der Waals surface area contributed by atoms with Crippen molar-refractivity contribution >= 4 is 33.7 Å². The largest absolute Gasteiger partial charge is 0.342 e. The highest BCUT2D eigenvalue weighted by molar-refractivity contribution is 9.10. The Bertz CT molecular complexity index is 694. The van der Waals surface area contributed by atoms with Crippen molar-refractivity contribution in [1.82, 2.24) is 9.80 Å². The van der Waals surface area contributed by atoms with Gasteiger partial charge in [-0.2, -0.15) is 0 Å². The lowest BCUT2D eigenvalue weighted by Gasteiger charge is -2.35. The maximum atomic E-state index is 12.5. The van der Waals surface area contributed by atoms with Crippen molar-refractivity contribution in [3.8, 4) is 0 Å². The number of hydrogen-bond donors (Lipinski definition) is 0. The molecule has 2 atom stereocenters. The molecular formula is C18H21BrN2O3. The third-order valence-electron chi connectivity index (χ3n) is 4.70. The molecule has 0 N–H and O–H groups in total. The van der Waals surface area contributed by atoms with Crippen LogP contribution in [0, 0.1) is 11.8 Å². The Morgan fingerprint density at radius 3 is 2.42 bits per heavy atom. The first-order valence-corrected chi connectivity index (χ1v) is 9.09. The number of carbonyl (C=O) groups is 3. The second-order valence-electron chi connectivity index (χ2n) is 6.95. The van der Waals surface area contributed by atoms with Gasteiger partial charge in [-0.3, -0.25) is 19.3 Å². The van der Waals surface area contributed by atoms with E-state index in [-0.39, 0.29) is 30.7 Å². The number of carbonyl (C=O) groups excluding carboxylic acids is 3. The third-order valence-corrected chi connectivity index (χ3v) is 5.20. The first kappa shape index (κ1) is 17.1. The zero-order valence-electron chi connectivity index (χ0n) is 13.9. The minimum absolute atomic E-state index is 0.0196. The summed E-state index contributed by atoms with van der Waals surface area (Å²) in [5.41, 5.74) is 0.818. The third kappa shape index (κ3) is 3.24. The first-order valence-electron chi connectivity index (χ1n) is 8.30. The van der Waals surface area contributed by atoms with E-state index in [0.29, 0.717) is 23.0 Å². The molecule has 3 amide bonds. The van der Waals surface area contributed by atoms with Crippen molar-refractivity contribution in [2.45, 2.75) is 26.7 Å². The molecule has 1 saturated heterocycles. The molecule has 128 valence electrons. The molecule has 0 aliphatic carbocycles. The van der Waals surface area contributed by atoms with Crippen molar-refractivity contribution in [2.75, 3.05) is 19.6 Å². The number of nitrogens with zero attached hydrogens (tertiary/aromatic N) is 2. The Morgan fingerprint density at radius 1 is 1.12 bits per heavy atom. The summed E-state index contributed by atoms with van der Waals surface area (Å²) in [4.78, 5) is 40.3. The van der Waals surface area contributed by atoms with E-state index in [1.165, 1.54) is 4.90 Å². The van der Waals surface area contributed by atoms with Crippen LogP contribution in [0.25, 0.3) is 0 Å². The van der Waals surface area contributed by atoms with Gasteiger partial charge < -0.3 is 4.90 Å². The van der Waals surface area contributed by atoms with Crippen LogP contribution in [0.2, 0.25) is 0 Å². The standard InChI is InChI=1S/C18H21BrN2O3/c1-11-7-12(2)10-20(9-11)16(22)5-6-21-17(23)14-4-3-13(19)8-15(14)18(21)24/h3-4,8,11-12H,5-7,9-10H2,1-2H3. The number of imide groups is 1. The Labute approximate surface area is 150 Å². The van der Waals surface area contributed by atoms with Crippen LogP contribution in [0.4, 0.5) is 0 Å². The lowest BCUT2D eigenvalue weighted by Crippen LogP contribution is -2.44. The predicted molar refractivity (Wildman–Crippen MR) is 93.7 cm³/mol. The minimum Gasteiger partial charge on any atom is -0.342 e. The van der Waals surface area contributed by atoms with Gasteiger partial charge in [0, 0.05) is 30.5 Å². The molecule has 1 aromatic rings. The van der Waals surface area contributed by atoms with Crippen molar-refractivity contribution in [1.29, 1.82) is 0 Å². The topological polar surface area (TPSA) is 57.7 Å². The average molecular weight is 393 g/mol. The lowest BCUT2D eigenvalue weighted by molar-refractivity contribution is -0.133. The van der Waals surface area contributed by atoms with Gasteiger partial charge in [0.2, 0.25) is 5.91 Å². The molecule has 2 heterocycles. The molecule has 1 aromatic carbocycles. The van der Waals surface area contributed by atoms with E-state index in [0.717, 1.165) is 24.0 Å². The van der Waals surface area contributed by atoms with E-state index in [1.807, 2.05) is 4.90 Å². The predicted octanol–water partition coefficient (Wildman–Crippen LogP) is 2.94. The molecule has 2 aliphatic rings. The van der Waals surface area contributed by atoms with E-state index >= 15 is 0 Å². The number of amides is 3. The molecule has 1 fully saturated rings. The van der Waals surface area contributed by atoms with Gasteiger partial charge in [-0.05, 0) is 36.5 Å². The fourth-order valence-corrected chi connectivity index (χ4v) is 4.06. The highest BCUT2D eigenvalue weighted by Crippen LogP contribution is 2.26. The van der Waals surface area contributed by atoms with E-state index in [1.54, 1.807) is 18.2 Å². The van der Waals surface area contributed by atoms with Gasteiger partial charge in [0.15, 0.2) is 0 Å². The van der Waals surface area contributed by atoms with Gasteiger partial charge in [0.05, 0.1) is 11.1 Å². The fraction of sp³-hybridized carbons (Fsp3) is 0.500. The molecule has 5 nitrogen and oxygen atoms in total. The molecule has 3 rings (SSSR count). The van der Waals surface area contributed by atoms with E-state index < -0.39 is 0 Å². The van der Waals surface area contributed by atoms with Crippen LogP contribution in [0.3, 0.4) is 0 Å². The smallest absolute Gasteiger partial charge is 0.261 e. The summed E-state index contributed by atoms with van der Waals surface area (Å²) < 4.78 is 0.761. The minimum atomic E-state index is -0.315. The number of halogens is 1. The number of likely N-dealkylation sites (tertiary alicyclic amines) is 1. The van der Waals surface area contributed by atoms with E-state index in [4.69, 9.17) is 0 Å². The summed E-state index contributed by atoms with van der Waals surface area (Å²) in [6.45, 7) is 5.97. The van der Waals surface area contributed by atoms with Gasteiger partial charge in [0.25, 0.3) is 11.8 Å². The second-order valence-corrected chi connectivity index (χ2v) is 7.86. The first-order chi connectivity index (χ1) is 11.4. The SMILES string of the molecule is CC1CC(C)CN(C(=O)CCN2C(=O)c3ccc(Br)cc3C2=O)C1. The molecule has 0 radical (unpaired) electrons. The molecule has 24 heavy (non-hydrogen) atoms. The molecular weight excluding hydrogens is 372 g/mol. The van der Waals surface area contributed by atoms with Gasteiger partial charge in [-0.15, -0.1) is 0 Å². The molecule has 0 saturated carbocycles. The monoisotopic (exact) mass is 392 g/mol. The average Bonchev–Trinajstić information content (AvgIpc) is 2.75. The van der Waals surface area contributed by atoms with Crippen LogP contribution in [-0.4, -0.2) is 47.2 Å². The maximum absolute atomic E-state index is 12.5. The highest BCUT2D eigenvalue weighted by Gasteiger charge is 2.36. The molecule has 0 bridgehead atoms. The van der Waals surface area contributed by atoms with Crippen LogP contribution in [0.1, 0.15) is 47.4 Å². The van der Waals surface area contributed by atoms with Crippen molar-refractivity contribution in [3.63, 3.8) is 0 Å². The summed E-state index contributed by atoms with van der Waals surface area (Å²) in [6.07, 6.45) is 1.32. The number of rotatable bonds is 3. The quantitative estimate of drug-likeness (QED) is 0.742. The fourth-order valence-electron chi connectivity index (χ4n) is 3.70. The van der Waals surface area contributed by atoms with Gasteiger partial charge in [0.1, 0.15) is 0 Å². The number of hydrogen-bond acceptors (Lipinski definition) is 3. The van der Waals surface area contributed by atoms with Crippen LogP contribution >= 0.6 is 15.9 Å². The summed E-state index contributed by atoms with van der Waals surface area (Å²) in [5, 5.41) is 0. The molecule has 0 aromatic heterocycles. The summed E-state index contributed by atoms with van der Waals surface area (Å²) in [7, 11) is 0. The van der Waals surface area contributed by atoms with Crippen LogP contribution in [-0.2, 0) is 4.79 Å². The second kappa shape index (κ2) is 6.67. The van der Waals surface area contributed by atoms with Crippen LogP contribution < -0.4 is 0 Å². The summed E-state index contributed by atoms with van der Waals surface area (Å²) in [6, 6.07) is 5.05. The zero-order valence-corrected chi connectivity index (χ0v) is 15.5. The number of fused-ring (bicyclic) bond motifs is 1. The van der Waals surface area contributed by atoms with E-state index in [2.05, 4.69) is 29.8 Å². The molecule has 0 spiro atoms.